The van der Waals surface area contributed by atoms with Crippen LogP contribution in [0.5, 0.6) is 0 Å². The molecule has 2 fully saturated rings. The molecule has 0 aromatic carbocycles. The first-order valence-corrected chi connectivity index (χ1v) is 16.2. The number of amidine groups is 1. The summed E-state index contributed by atoms with van der Waals surface area (Å²) < 4.78 is 5.53. The highest BCUT2D eigenvalue weighted by molar-refractivity contribution is 5.96. The third-order valence-corrected chi connectivity index (χ3v) is 8.48. The smallest absolute Gasteiger partial charge is 0.410 e. The monoisotopic (exact) mass is 608 g/mol. The van der Waals surface area contributed by atoms with Crippen molar-refractivity contribution in [1.29, 1.82) is 5.41 Å². The zero-order valence-corrected chi connectivity index (χ0v) is 27.2. The summed E-state index contributed by atoms with van der Waals surface area (Å²) in [6.45, 7) is 11.7. The summed E-state index contributed by atoms with van der Waals surface area (Å²) in [5.41, 5.74) is 1.43. The Kier molecular flexibility index (Phi) is 11.7. The minimum Gasteiger partial charge on any atom is -0.444 e. The second-order valence-electron chi connectivity index (χ2n) is 13.0. The van der Waals surface area contributed by atoms with E-state index < -0.39 is 5.60 Å². The zero-order chi connectivity index (χ0) is 31.7. The van der Waals surface area contributed by atoms with Gasteiger partial charge in [-0.05, 0) is 83.3 Å². The molecule has 1 atom stereocenters. The second kappa shape index (κ2) is 15.4. The molecule has 0 spiro atoms. The van der Waals surface area contributed by atoms with Crippen molar-refractivity contribution >= 4 is 24.0 Å². The van der Waals surface area contributed by atoms with Crippen molar-refractivity contribution in [1.82, 2.24) is 25.4 Å². The Morgan fingerprint density at radius 1 is 1.23 bits per heavy atom. The Morgan fingerprint density at radius 2 is 2.00 bits per heavy atom. The molecule has 4 rings (SSSR count). The molecule has 242 valence electrons. The highest BCUT2D eigenvalue weighted by Gasteiger charge is 2.28. The Balaban J connectivity index is 1.34. The van der Waals surface area contributed by atoms with E-state index in [1.165, 1.54) is 6.21 Å². The SMILES string of the molecule is CC/C(C=N)=C1\N=C(N2CCCCC2CCO)C=C(NCc2ccc(N(C)CC3CCN(C(=O)OC(C)(C)C)CC3)nc2)N1. The summed E-state index contributed by atoms with van der Waals surface area (Å²) in [5.74, 6) is 3.83. The van der Waals surface area contributed by atoms with Crippen molar-refractivity contribution in [3.05, 3.63) is 47.2 Å². The standard InChI is InChI=1S/C33H52N8O3/c1-6-26(20-34)31-37-28(19-30(38-31)41-15-8-7-9-27(41)14-18-42)35-21-25-10-11-29(36-22-25)39(5)23-24-12-16-40(17-13-24)32(43)44-33(2,3)4/h10-11,19-20,22,24,27,34-35,37,42H,6-9,12-18,21,23H2,1-5H3/b31-26+,34-20?. The van der Waals surface area contributed by atoms with E-state index in [0.717, 1.165) is 93.3 Å². The van der Waals surface area contributed by atoms with Crippen molar-refractivity contribution in [2.75, 3.05) is 44.7 Å². The molecule has 0 radical (unpaired) electrons. The molecular weight excluding hydrogens is 556 g/mol. The molecule has 3 aliphatic heterocycles. The van der Waals surface area contributed by atoms with Gasteiger partial charge in [0.05, 0.1) is 0 Å². The molecule has 1 amide bonds. The number of aliphatic imine (C=N–C) groups is 1. The number of piperidine rings is 2. The number of anilines is 1. The number of ether oxygens (including phenoxy) is 1. The summed E-state index contributed by atoms with van der Waals surface area (Å²) in [5, 5.41) is 24.4. The van der Waals surface area contributed by atoms with Gasteiger partial charge in [0.15, 0.2) is 0 Å². The van der Waals surface area contributed by atoms with Crippen LogP contribution in [0, 0.1) is 11.3 Å². The van der Waals surface area contributed by atoms with Crippen LogP contribution in [0.15, 0.2) is 46.6 Å². The van der Waals surface area contributed by atoms with Crippen LogP contribution in [0.1, 0.15) is 78.2 Å². The van der Waals surface area contributed by atoms with Gasteiger partial charge in [0, 0.05) is 76.5 Å². The summed E-state index contributed by atoms with van der Waals surface area (Å²) in [4.78, 5) is 28.4. The molecule has 0 bridgehead atoms. The highest BCUT2D eigenvalue weighted by atomic mass is 16.6. The lowest BCUT2D eigenvalue weighted by molar-refractivity contribution is 0.0186. The molecule has 1 unspecified atom stereocenters. The van der Waals surface area contributed by atoms with E-state index in [-0.39, 0.29) is 18.7 Å². The maximum atomic E-state index is 12.4. The number of hydrogen-bond donors (Lipinski definition) is 4. The molecule has 11 heteroatoms. The summed E-state index contributed by atoms with van der Waals surface area (Å²) in [6, 6.07) is 4.43. The highest BCUT2D eigenvalue weighted by Crippen LogP contribution is 2.24. The molecule has 11 nitrogen and oxygen atoms in total. The van der Waals surface area contributed by atoms with E-state index in [0.29, 0.717) is 24.7 Å². The molecule has 2 saturated heterocycles. The van der Waals surface area contributed by atoms with Gasteiger partial charge in [-0.3, -0.25) is 0 Å². The van der Waals surface area contributed by atoms with Gasteiger partial charge >= 0.3 is 6.09 Å². The average molecular weight is 609 g/mol. The van der Waals surface area contributed by atoms with Crippen LogP contribution in [0.2, 0.25) is 0 Å². The Bertz CT molecular complexity index is 1210. The Labute approximate surface area is 263 Å². The van der Waals surface area contributed by atoms with Gasteiger partial charge in [0.2, 0.25) is 0 Å². The molecule has 1 aromatic heterocycles. The molecule has 44 heavy (non-hydrogen) atoms. The number of rotatable bonds is 10. The van der Waals surface area contributed by atoms with Crippen LogP contribution in [0.25, 0.3) is 0 Å². The number of pyridine rings is 1. The van der Waals surface area contributed by atoms with Crippen molar-refractivity contribution in [2.45, 2.75) is 90.8 Å². The van der Waals surface area contributed by atoms with Crippen LogP contribution in [-0.2, 0) is 11.3 Å². The first-order valence-electron chi connectivity index (χ1n) is 16.2. The van der Waals surface area contributed by atoms with Gasteiger partial charge in [-0.15, -0.1) is 0 Å². The summed E-state index contributed by atoms with van der Waals surface area (Å²) in [7, 11) is 2.07. The van der Waals surface area contributed by atoms with E-state index in [1.54, 1.807) is 0 Å². The fourth-order valence-electron chi connectivity index (χ4n) is 6.00. The predicted octanol–water partition coefficient (Wildman–Crippen LogP) is 4.61. The molecule has 4 N–H and O–H groups in total. The summed E-state index contributed by atoms with van der Waals surface area (Å²) in [6.07, 6.45) is 11.8. The van der Waals surface area contributed by atoms with Gasteiger partial charge in [-0.2, -0.15) is 0 Å². The predicted molar refractivity (Wildman–Crippen MR) is 176 cm³/mol. The average Bonchev–Trinajstić information content (AvgIpc) is 3.01. The fourth-order valence-corrected chi connectivity index (χ4v) is 6.00. The third kappa shape index (κ3) is 9.20. The number of likely N-dealkylation sites (tertiary alicyclic amines) is 2. The van der Waals surface area contributed by atoms with Crippen molar-refractivity contribution < 1.29 is 14.6 Å². The number of nitrogens with zero attached hydrogens (tertiary/aromatic N) is 5. The quantitative estimate of drug-likeness (QED) is 0.284. The number of nitrogens with one attached hydrogen (secondary N) is 3. The van der Waals surface area contributed by atoms with Gasteiger partial charge in [0.25, 0.3) is 0 Å². The first kappa shape index (κ1) is 33.3. The van der Waals surface area contributed by atoms with Crippen LogP contribution in [0.4, 0.5) is 10.6 Å². The first-order chi connectivity index (χ1) is 21.1. The normalized spacial score (nSPS) is 20.7. The van der Waals surface area contributed by atoms with Gasteiger partial charge < -0.3 is 40.6 Å². The molecule has 1 aromatic rings. The van der Waals surface area contributed by atoms with Crippen molar-refractivity contribution in [3.8, 4) is 0 Å². The molecule has 3 aliphatic rings. The van der Waals surface area contributed by atoms with Gasteiger partial charge in [-0.1, -0.05) is 13.0 Å². The van der Waals surface area contributed by atoms with Crippen molar-refractivity contribution in [2.24, 2.45) is 10.9 Å². The Morgan fingerprint density at radius 3 is 2.64 bits per heavy atom. The number of hydrogen-bond acceptors (Lipinski definition) is 10. The molecule has 0 saturated carbocycles. The van der Waals surface area contributed by atoms with Crippen LogP contribution in [-0.4, -0.2) is 89.5 Å². The topological polar surface area (TPSA) is 129 Å². The lowest BCUT2D eigenvalue weighted by Gasteiger charge is -2.38. The largest absolute Gasteiger partial charge is 0.444 e. The van der Waals surface area contributed by atoms with E-state index in [1.807, 2.05) is 44.9 Å². The van der Waals surface area contributed by atoms with E-state index in [9.17, 15) is 9.90 Å². The number of carbonyl (C=O) groups is 1. The van der Waals surface area contributed by atoms with Crippen molar-refractivity contribution in [3.63, 3.8) is 0 Å². The van der Waals surface area contributed by atoms with E-state index in [2.05, 4.69) is 39.6 Å². The van der Waals surface area contributed by atoms with Crippen LogP contribution < -0.4 is 15.5 Å². The number of aliphatic hydroxyl groups is 1. The van der Waals surface area contributed by atoms with E-state index in [4.69, 9.17) is 20.1 Å². The molecular formula is C33H52N8O3. The van der Waals surface area contributed by atoms with Gasteiger partial charge in [-0.25, -0.2) is 14.8 Å². The van der Waals surface area contributed by atoms with E-state index >= 15 is 0 Å². The third-order valence-electron chi connectivity index (χ3n) is 8.48. The number of aromatic nitrogens is 1. The minimum atomic E-state index is -0.473. The fraction of sp³-hybridized carbons (Fsp3) is 0.636. The number of amides is 1. The molecule has 0 aliphatic carbocycles. The van der Waals surface area contributed by atoms with Crippen LogP contribution in [0.3, 0.4) is 0 Å². The van der Waals surface area contributed by atoms with Gasteiger partial charge in [0.1, 0.15) is 28.9 Å². The number of carbonyl (C=O) groups excluding carboxylic acids is 1. The minimum absolute atomic E-state index is 0.163. The Hall–Kier alpha value is -3.60. The maximum Gasteiger partial charge on any atom is 0.410 e. The lowest BCUT2D eigenvalue weighted by atomic mass is 9.96. The maximum absolute atomic E-state index is 12.4. The second-order valence-corrected chi connectivity index (χ2v) is 13.0. The number of allylic oxidation sites excluding steroid dienone is 1. The lowest BCUT2D eigenvalue weighted by Crippen LogP contribution is -2.45. The zero-order valence-electron chi connectivity index (χ0n) is 27.2. The molecule has 4 heterocycles. The number of aliphatic hydroxyl groups excluding tert-OH is 1. The van der Waals surface area contributed by atoms with Crippen LogP contribution >= 0.6 is 0 Å². The summed E-state index contributed by atoms with van der Waals surface area (Å²) >= 11 is 0.